The Bertz CT molecular complexity index is 1190. The van der Waals surface area contributed by atoms with Crippen molar-refractivity contribution in [2.24, 2.45) is 0 Å². The van der Waals surface area contributed by atoms with Gasteiger partial charge in [0.25, 0.3) is 5.91 Å². The van der Waals surface area contributed by atoms with Crippen LogP contribution in [0.1, 0.15) is 23.2 Å². The lowest BCUT2D eigenvalue weighted by atomic mass is 10.0. The molecule has 0 bridgehead atoms. The molecule has 0 N–H and O–H groups in total. The number of para-hydroxylation sites is 1. The highest BCUT2D eigenvalue weighted by atomic mass is 32.1. The Kier molecular flexibility index (Phi) is 4.48. The Morgan fingerprint density at radius 1 is 1.03 bits per heavy atom. The standard InChI is InChI=1S/C23H19N3O2S/c27-21-13-6-14-25(21)15-26(23-24-19-11-3-4-12-20(19)29-23)22(28)18-10-5-8-16-7-1-2-9-17(16)18/h1-5,7-12H,6,13-15H2. The zero-order chi connectivity index (χ0) is 19.8. The van der Waals surface area contributed by atoms with Gasteiger partial charge < -0.3 is 4.90 Å². The summed E-state index contributed by atoms with van der Waals surface area (Å²) in [5.74, 6) is -0.0533. The summed E-state index contributed by atoms with van der Waals surface area (Å²) in [6, 6.07) is 21.4. The molecule has 2 heterocycles. The number of hydrogen-bond donors (Lipinski definition) is 0. The molecule has 2 amide bonds. The molecule has 5 nitrogen and oxygen atoms in total. The highest BCUT2D eigenvalue weighted by molar-refractivity contribution is 7.22. The number of benzene rings is 3. The molecule has 29 heavy (non-hydrogen) atoms. The van der Waals surface area contributed by atoms with Crippen molar-refractivity contribution in [3.63, 3.8) is 0 Å². The predicted molar refractivity (Wildman–Crippen MR) is 116 cm³/mol. The number of carbonyl (C=O) groups is 2. The van der Waals surface area contributed by atoms with Gasteiger partial charge in [-0.15, -0.1) is 0 Å². The smallest absolute Gasteiger partial charge is 0.262 e. The van der Waals surface area contributed by atoms with Crippen molar-refractivity contribution in [1.29, 1.82) is 0 Å². The molecule has 1 saturated heterocycles. The molecular formula is C23H19N3O2S. The van der Waals surface area contributed by atoms with Crippen molar-refractivity contribution >= 4 is 49.3 Å². The first-order valence-electron chi connectivity index (χ1n) is 9.64. The fraction of sp³-hybridized carbons (Fsp3) is 0.174. The summed E-state index contributed by atoms with van der Waals surface area (Å²) in [4.78, 5) is 34.0. The van der Waals surface area contributed by atoms with E-state index in [0.29, 0.717) is 23.7 Å². The summed E-state index contributed by atoms with van der Waals surface area (Å²) in [6.45, 7) is 0.893. The summed E-state index contributed by atoms with van der Waals surface area (Å²) in [6.07, 6.45) is 1.37. The van der Waals surface area contributed by atoms with Crippen LogP contribution in [0.2, 0.25) is 0 Å². The zero-order valence-electron chi connectivity index (χ0n) is 15.7. The Morgan fingerprint density at radius 3 is 2.66 bits per heavy atom. The average molecular weight is 401 g/mol. The topological polar surface area (TPSA) is 53.5 Å². The minimum Gasteiger partial charge on any atom is -0.324 e. The number of anilines is 1. The van der Waals surface area contributed by atoms with Gasteiger partial charge in [-0.3, -0.25) is 14.5 Å². The lowest BCUT2D eigenvalue weighted by molar-refractivity contribution is -0.127. The maximum atomic E-state index is 13.7. The molecule has 0 aliphatic carbocycles. The van der Waals surface area contributed by atoms with Gasteiger partial charge in [-0.2, -0.15) is 0 Å². The third kappa shape index (κ3) is 3.25. The van der Waals surface area contributed by atoms with Crippen LogP contribution in [0.15, 0.2) is 66.7 Å². The number of carbonyl (C=O) groups excluding carboxylic acids is 2. The largest absolute Gasteiger partial charge is 0.324 e. The number of thiazole rings is 1. The molecule has 1 aliphatic heterocycles. The van der Waals surface area contributed by atoms with Crippen LogP contribution in [0.3, 0.4) is 0 Å². The molecule has 6 heteroatoms. The minimum absolute atomic E-state index is 0.0850. The number of nitrogens with zero attached hydrogens (tertiary/aromatic N) is 3. The van der Waals surface area contributed by atoms with E-state index >= 15 is 0 Å². The molecule has 0 spiro atoms. The third-order valence-electron chi connectivity index (χ3n) is 5.26. The first-order chi connectivity index (χ1) is 14.2. The summed E-state index contributed by atoms with van der Waals surface area (Å²) < 4.78 is 1.02. The van der Waals surface area contributed by atoms with Gasteiger partial charge in [-0.25, -0.2) is 4.98 Å². The maximum Gasteiger partial charge on any atom is 0.262 e. The van der Waals surface area contributed by atoms with E-state index in [1.54, 1.807) is 9.80 Å². The van der Waals surface area contributed by atoms with Crippen molar-refractivity contribution in [3.05, 3.63) is 72.3 Å². The summed E-state index contributed by atoms with van der Waals surface area (Å²) >= 11 is 1.47. The van der Waals surface area contributed by atoms with E-state index in [9.17, 15) is 9.59 Å². The molecule has 5 rings (SSSR count). The molecule has 144 valence electrons. The molecule has 1 aliphatic rings. The number of amides is 2. The minimum atomic E-state index is -0.138. The number of hydrogen-bond acceptors (Lipinski definition) is 4. The van der Waals surface area contributed by atoms with E-state index in [2.05, 4.69) is 0 Å². The van der Waals surface area contributed by atoms with Gasteiger partial charge in [0.05, 0.1) is 10.2 Å². The fourth-order valence-corrected chi connectivity index (χ4v) is 4.73. The Labute approximate surface area is 172 Å². The average Bonchev–Trinajstić information content (AvgIpc) is 3.36. The second-order valence-corrected chi connectivity index (χ2v) is 8.14. The van der Waals surface area contributed by atoms with Crippen molar-refractivity contribution < 1.29 is 9.59 Å². The predicted octanol–water partition coefficient (Wildman–Crippen LogP) is 4.68. The molecule has 0 radical (unpaired) electrons. The van der Waals surface area contributed by atoms with Crippen LogP contribution in [0, 0.1) is 0 Å². The lowest BCUT2D eigenvalue weighted by Crippen LogP contribution is -2.42. The van der Waals surface area contributed by atoms with Gasteiger partial charge in [0, 0.05) is 18.5 Å². The number of likely N-dealkylation sites (tertiary alicyclic amines) is 1. The Balaban J connectivity index is 1.60. The van der Waals surface area contributed by atoms with Crippen LogP contribution in [-0.4, -0.2) is 34.9 Å². The van der Waals surface area contributed by atoms with E-state index in [1.165, 1.54) is 11.3 Å². The summed E-state index contributed by atoms with van der Waals surface area (Å²) in [5, 5.41) is 2.53. The van der Waals surface area contributed by atoms with Crippen LogP contribution in [0.4, 0.5) is 5.13 Å². The maximum absolute atomic E-state index is 13.7. The van der Waals surface area contributed by atoms with Gasteiger partial charge >= 0.3 is 0 Å². The van der Waals surface area contributed by atoms with Crippen LogP contribution < -0.4 is 4.90 Å². The van der Waals surface area contributed by atoms with E-state index in [4.69, 9.17) is 4.98 Å². The molecule has 1 aromatic heterocycles. The lowest BCUT2D eigenvalue weighted by Gasteiger charge is -2.26. The second kappa shape index (κ2) is 7.29. The molecule has 0 atom stereocenters. The number of aromatic nitrogens is 1. The van der Waals surface area contributed by atoms with Crippen LogP contribution >= 0.6 is 11.3 Å². The SMILES string of the molecule is O=C1CCCN1CN(C(=O)c1cccc2ccccc12)c1nc2ccccc2s1. The Morgan fingerprint density at radius 2 is 1.83 bits per heavy atom. The molecule has 0 saturated carbocycles. The molecular weight excluding hydrogens is 382 g/mol. The van der Waals surface area contributed by atoms with Crippen molar-refractivity contribution in [2.45, 2.75) is 12.8 Å². The highest BCUT2D eigenvalue weighted by Gasteiger charge is 2.28. The van der Waals surface area contributed by atoms with E-state index in [-0.39, 0.29) is 18.5 Å². The second-order valence-electron chi connectivity index (χ2n) is 7.13. The van der Waals surface area contributed by atoms with Gasteiger partial charge in [0.2, 0.25) is 5.91 Å². The molecule has 1 fully saturated rings. The first kappa shape index (κ1) is 17.8. The molecule has 0 unspecified atom stereocenters. The van der Waals surface area contributed by atoms with Gasteiger partial charge in [-0.1, -0.05) is 59.9 Å². The fourth-order valence-electron chi connectivity index (χ4n) is 3.77. The summed E-state index contributed by atoms with van der Waals surface area (Å²) in [5.41, 5.74) is 1.48. The number of rotatable bonds is 4. The van der Waals surface area contributed by atoms with Crippen LogP contribution in [-0.2, 0) is 4.79 Å². The van der Waals surface area contributed by atoms with E-state index in [1.807, 2.05) is 66.7 Å². The number of fused-ring (bicyclic) bond motifs is 2. The highest BCUT2D eigenvalue weighted by Crippen LogP contribution is 2.31. The summed E-state index contributed by atoms with van der Waals surface area (Å²) in [7, 11) is 0. The van der Waals surface area contributed by atoms with E-state index < -0.39 is 0 Å². The van der Waals surface area contributed by atoms with Crippen LogP contribution in [0.5, 0.6) is 0 Å². The van der Waals surface area contributed by atoms with Crippen molar-refractivity contribution in [1.82, 2.24) is 9.88 Å². The molecule has 3 aromatic carbocycles. The quantitative estimate of drug-likeness (QED) is 0.499. The van der Waals surface area contributed by atoms with Gasteiger partial charge in [0.15, 0.2) is 5.13 Å². The Hall–Kier alpha value is -3.25. The van der Waals surface area contributed by atoms with Crippen molar-refractivity contribution in [3.8, 4) is 0 Å². The van der Waals surface area contributed by atoms with Crippen LogP contribution in [0.25, 0.3) is 21.0 Å². The van der Waals surface area contributed by atoms with Gasteiger partial charge in [-0.05, 0) is 35.4 Å². The normalized spacial score (nSPS) is 14.1. The first-order valence-corrected chi connectivity index (χ1v) is 10.5. The van der Waals surface area contributed by atoms with E-state index in [0.717, 1.165) is 27.4 Å². The zero-order valence-corrected chi connectivity index (χ0v) is 16.6. The third-order valence-corrected chi connectivity index (χ3v) is 6.32. The molecule has 4 aromatic rings. The van der Waals surface area contributed by atoms with Crippen molar-refractivity contribution in [2.75, 3.05) is 18.1 Å². The van der Waals surface area contributed by atoms with Gasteiger partial charge in [0.1, 0.15) is 6.67 Å². The monoisotopic (exact) mass is 401 g/mol.